The van der Waals surface area contributed by atoms with Crippen molar-refractivity contribution >= 4 is 5.78 Å². The molecular formula is C14H20O3. The fraction of sp³-hybridized carbons (Fsp3) is 0.500. The molecule has 0 fully saturated rings. The molecule has 0 spiro atoms. The third-order valence-corrected chi connectivity index (χ3v) is 2.49. The molecule has 0 atom stereocenters. The van der Waals surface area contributed by atoms with E-state index in [1.165, 1.54) is 0 Å². The van der Waals surface area contributed by atoms with Gasteiger partial charge < -0.3 is 9.47 Å². The van der Waals surface area contributed by atoms with Gasteiger partial charge in [-0.25, -0.2) is 0 Å². The van der Waals surface area contributed by atoms with Crippen LogP contribution in [0.3, 0.4) is 0 Å². The van der Waals surface area contributed by atoms with E-state index < -0.39 is 0 Å². The highest BCUT2D eigenvalue weighted by Crippen LogP contribution is 2.20. The lowest BCUT2D eigenvalue weighted by Gasteiger charge is -2.09. The number of carbonyl (C=O) groups excluding carboxylic acids is 1. The largest absolute Gasteiger partial charge is 0.493 e. The van der Waals surface area contributed by atoms with Crippen molar-refractivity contribution in [2.45, 2.75) is 26.7 Å². The summed E-state index contributed by atoms with van der Waals surface area (Å²) in [5.74, 6) is 0.965. The lowest BCUT2D eigenvalue weighted by atomic mass is 10.1. The lowest BCUT2D eigenvalue weighted by Crippen LogP contribution is -2.04. The van der Waals surface area contributed by atoms with Crippen LogP contribution < -0.4 is 4.74 Å². The fourth-order valence-electron chi connectivity index (χ4n) is 1.54. The van der Waals surface area contributed by atoms with E-state index in [9.17, 15) is 4.79 Å². The molecule has 0 saturated heterocycles. The normalized spacial score (nSPS) is 10.3. The second-order valence-electron chi connectivity index (χ2n) is 3.99. The molecule has 0 aliphatic carbocycles. The van der Waals surface area contributed by atoms with Crippen molar-refractivity contribution in [2.75, 3.05) is 20.3 Å². The van der Waals surface area contributed by atoms with Gasteiger partial charge in [0, 0.05) is 19.1 Å². The van der Waals surface area contributed by atoms with Gasteiger partial charge in [-0.3, -0.25) is 4.79 Å². The molecule has 0 heterocycles. The molecule has 94 valence electrons. The monoisotopic (exact) mass is 236 g/mol. The minimum absolute atomic E-state index is 0.108. The summed E-state index contributed by atoms with van der Waals surface area (Å²) >= 11 is 0. The minimum atomic E-state index is 0.108. The van der Waals surface area contributed by atoms with Gasteiger partial charge in [0.05, 0.1) is 13.2 Å². The number of ether oxygens (including phenoxy) is 2. The molecule has 0 unspecified atom stereocenters. The number of Topliss-reactive ketones (excluding diaryl/α,β-unsaturated/α-hetero) is 1. The molecular weight excluding hydrogens is 216 g/mol. The van der Waals surface area contributed by atoms with E-state index in [0.717, 1.165) is 23.3 Å². The number of methoxy groups -OCH3 is 1. The average molecular weight is 236 g/mol. The topological polar surface area (TPSA) is 35.5 Å². The summed E-state index contributed by atoms with van der Waals surface area (Å²) in [5, 5.41) is 0. The molecule has 3 heteroatoms. The number of rotatable bonds is 7. The van der Waals surface area contributed by atoms with Crippen molar-refractivity contribution < 1.29 is 14.3 Å². The average Bonchev–Trinajstić information content (AvgIpc) is 2.34. The van der Waals surface area contributed by atoms with Crippen LogP contribution in [-0.2, 0) is 4.74 Å². The van der Waals surface area contributed by atoms with E-state index >= 15 is 0 Å². The number of ketones is 1. The first-order chi connectivity index (χ1) is 8.19. The Morgan fingerprint density at radius 3 is 2.65 bits per heavy atom. The second kappa shape index (κ2) is 7.07. The third kappa shape index (κ3) is 4.19. The van der Waals surface area contributed by atoms with Gasteiger partial charge in [0.2, 0.25) is 0 Å². The lowest BCUT2D eigenvalue weighted by molar-refractivity contribution is 0.0932. The van der Waals surface area contributed by atoms with Gasteiger partial charge in [-0.1, -0.05) is 6.92 Å². The highest BCUT2D eigenvalue weighted by molar-refractivity contribution is 5.96. The first-order valence-electron chi connectivity index (χ1n) is 5.94. The molecule has 0 aromatic heterocycles. The third-order valence-electron chi connectivity index (χ3n) is 2.49. The molecule has 0 amide bonds. The summed E-state index contributed by atoms with van der Waals surface area (Å²) in [7, 11) is 1.60. The molecule has 0 N–H and O–H groups in total. The second-order valence-corrected chi connectivity index (χ2v) is 3.99. The zero-order valence-corrected chi connectivity index (χ0v) is 10.8. The summed E-state index contributed by atoms with van der Waals surface area (Å²) in [6.45, 7) is 5.19. The van der Waals surface area contributed by atoms with Crippen molar-refractivity contribution in [1.29, 1.82) is 0 Å². The Morgan fingerprint density at radius 2 is 2.06 bits per heavy atom. The molecule has 1 aromatic rings. The van der Waals surface area contributed by atoms with Gasteiger partial charge in [-0.05, 0) is 37.1 Å². The molecule has 1 aromatic carbocycles. The van der Waals surface area contributed by atoms with Crippen LogP contribution in [0.25, 0.3) is 0 Å². The molecule has 3 nitrogen and oxygen atoms in total. The molecule has 1 rings (SSSR count). The van der Waals surface area contributed by atoms with Gasteiger partial charge in [0.25, 0.3) is 0 Å². The number of aryl methyl sites for hydroxylation is 1. The maximum absolute atomic E-state index is 11.8. The van der Waals surface area contributed by atoms with E-state index in [-0.39, 0.29) is 5.78 Å². The van der Waals surface area contributed by atoms with Crippen molar-refractivity contribution in [3.63, 3.8) is 0 Å². The molecule has 0 saturated carbocycles. The summed E-state index contributed by atoms with van der Waals surface area (Å²) in [6.07, 6.45) is 1.40. The smallest absolute Gasteiger partial charge is 0.165 e. The summed E-state index contributed by atoms with van der Waals surface area (Å²) in [5.41, 5.74) is 1.73. The molecule has 0 aliphatic heterocycles. The van der Waals surface area contributed by atoms with Gasteiger partial charge in [-0.15, -0.1) is 0 Å². The maximum Gasteiger partial charge on any atom is 0.165 e. The van der Waals surface area contributed by atoms with E-state index in [1.54, 1.807) is 7.11 Å². The van der Waals surface area contributed by atoms with Crippen LogP contribution in [0.4, 0.5) is 0 Å². The van der Waals surface area contributed by atoms with Crippen molar-refractivity contribution in [3.05, 3.63) is 29.3 Å². The molecule has 0 bridgehead atoms. The van der Waals surface area contributed by atoms with Crippen molar-refractivity contribution in [3.8, 4) is 5.75 Å². The Morgan fingerprint density at radius 1 is 1.29 bits per heavy atom. The zero-order chi connectivity index (χ0) is 12.7. The molecule has 17 heavy (non-hydrogen) atoms. The highest BCUT2D eigenvalue weighted by Gasteiger charge is 2.08. The van der Waals surface area contributed by atoms with Gasteiger partial charge in [0.1, 0.15) is 5.75 Å². The summed E-state index contributed by atoms with van der Waals surface area (Å²) in [6, 6.07) is 5.56. The number of carbonyl (C=O) groups is 1. The summed E-state index contributed by atoms with van der Waals surface area (Å²) in [4.78, 5) is 11.8. The predicted molar refractivity (Wildman–Crippen MR) is 67.8 cm³/mol. The van der Waals surface area contributed by atoms with Crippen LogP contribution in [0.15, 0.2) is 18.2 Å². The first-order valence-corrected chi connectivity index (χ1v) is 5.94. The van der Waals surface area contributed by atoms with E-state index in [1.807, 2.05) is 25.1 Å². The van der Waals surface area contributed by atoms with E-state index in [4.69, 9.17) is 9.47 Å². The van der Waals surface area contributed by atoms with Gasteiger partial charge in [-0.2, -0.15) is 0 Å². The highest BCUT2D eigenvalue weighted by atomic mass is 16.5. The zero-order valence-electron chi connectivity index (χ0n) is 10.8. The van der Waals surface area contributed by atoms with Crippen LogP contribution in [0, 0.1) is 6.92 Å². The van der Waals surface area contributed by atoms with Crippen LogP contribution in [0.5, 0.6) is 5.75 Å². The van der Waals surface area contributed by atoms with Gasteiger partial charge >= 0.3 is 0 Å². The van der Waals surface area contributed by atoms with Crippen LogP contribution in [-0.4, -0.2) is 26.1 Å². The van der Waals surface area contributed by atoms with Crippen molar-refractivity contribution in [1.82, 2.24) is 0 Å². The molecule has 0 radical (unpaired) electrons. The minimum Gasteiger partial charge on any atom is -0.493 e. The van der Waals surface area contributed by atoms with E-state index in [2.05, 4.69) is 6.92 Å². The Bertz CT molecular complexity index is 372. The first kappa shape index (κ1) is 13.7. The van der Waals surface area contributed by atoms with Crippen LogP contribution in [0.1, 0.15) is 35.7 Å². The standard InChI is InChI=1S/C14H20O3/c1-4-8-17-14-6-5-12(10-11(14)2)13(15)7-9-16-3/h5-6,10H,4,7-9H2,1-3H3. The van der Waals surface area contributed by atoms with E-state index in [0.29, 0.717) is 19.6 Å². The van der Waals surface area contributed by atoms with Crippen LogP contribution in [0.2, 0.25) is 0 Å². The number of benzene rings is 1. The number of hydrogen-bond acceptors (Lipinski definition) is 3. The molecule has 0 aliphatic rings. The predicted octanol–water partition coefficient (Wildman–Crippen LogP) is 3.00. The Kier molecular flexibility index (Phi) is 5.70. The summed E-state index contributed by atoms with van der Waals surface area (Å²) < 4.78 is 10.5. The SMILES string of the molecule is CCCOc1ccc(C(=O)CCOC)cc1C. The fourth-order valence-corrected chi connectivity index (χ4v) is 1.54. The maximum atomic E-state index is 11.8. The Balaban J connectivity index is 2.70. The van der Waals surface area contributed by atoms with Crippen molar-refractivity contribution in [2.24, 2.45) is 0 Å². The number of hydrogen-bond donors (Lipinski definition) is 0. The van der Waals surface area contributed by atoms with Crippen LogP contribution >= 0.6 is 0 Å². The Labute approximate surface area is 103 Å². The quantitative estimate of drug-likeness (QED) is 0.683. The van der Waals surface area contributed by atoms with Gasteiger partial charge in [0.15, 0.2) is 5.78 Å². The Hall–Kier alpha value is -1.35.